The lowest BCUT2D eigenvalue weighted by molar-refractivity contribution is 0.0760. The summed E-state index contributed by atoms with van der Waals surface area (Å²) in [7, 11) is 0. The summed E-state index contributed by atoms with van der Waals surface area (Å²) in [6.07, 6.45) is 0.705. The summed E-state index contributed by atoms with van der Waals surface area (Å²) in [5.74, 6) is 1.10. The molecule has 0 bridgehead atoms. The quantitative estimate of drug-likeness (QED) is 0.934. The van der Waals surface area contributed by atoms with Crippen molar-refractivity contribution in [1.82, 2.24) is 9.80 Å². The Morgan fingerprint density at radius 1 is 0.840 bits per heavy atom. The van der Waals surface area contributed by atoms with E-state index < -0.39 is 6.03 Å². The topological polar surface area (TPSA) is 75.9 Å². The van der Waals surface area contributed by atoms with Crippen LogP contribution in [0, 0.1) is 0 Å². The Labute approximate surface area is 146 Å². The fourth-order valence-corrected chi connectivity index (χ4v) is 2.86. The predicted octanol–water partition coefficient (Wildman–Crippen LogP) is 2.71. The number of benzene rings is 2. The number of ether oxygens (including phenoxy) is 1. The van der Waals surface area contributed by atoms with Gasteiger partial charge in [0.1, 0.15) is 11.5 Å². The average Bonchev–Trinajstić information content (AvgIpc) is 2.89. The Morgan fingerprint density at radius 2 is 1.48 bits per heavy atom. The number of hydrogen-bond acceptors (Lipinski definition) is 3. The van der Waals surface area contributed by atoms with Crippen molar-refractivity contribution in [2.45, 2.75) is 6.42 Å². The van der Waals surface area contributed by atoms with Gasteiger partial charge in [0, 0.05) is 26.2 Å². The largest absolute Gasteiger partial charge is 0.457 e. The minimum atomic E-state index is -0.442. The van der Waals surface area contributed by atoms with E-state index >= 15 is 0 Å². The number of urea groups is 1. The van der Waals surface area contributed by atoms with Crippen molar-refractivity contribution in [1.29, 1.82) is 0 Å². The SMILES string of the molecule is NC(=O)N1CCCN(C(=O)c2ccccc2Oc2ccccc2)CC1. The predicted molar refractivity (Wildman–Crippen MR) is 94.6 cm³/mol. The monoisotopic (exact) mass is 339 g/mol. The first kappa shape index (κ1) is 16.8. The van der Waals surface area contributed by atoms with Crippen LogP contribution in [-0.2, 0) is 0 Å². The molecule has 2 aromatic rings. The number of hydrogen-bond donors (Lipinski definition) is 1. The van der Waals surface area contributed by atoms with Crippen molar-refractivity contribution < 1.29 is 14.3 Å². The van der Waals surface area contributed by atoms with Gasteiger partial charge in [-0.05, 0) is 30.7 Å². The summed E-state index contributed by atoms with van der Waals surface area (Å²) in [5, 5.41) is 0. The van der Waals surface area contributed by atoms with E-state index in [1.54, 1.807) is 21.9 Å². The van der Waals surface area contributed by atoms with Crippen molar-refractivity contribution in [3.63, 3.8) is 0 Å². The van der Waals surface area contributed by atoms with E-state index in [4.69, 9.17) is 10.5 Å². The molecule has 25 heavy (non-hydrogen) atoms. The van der Waals surface area contributed by atoms with Gasteiger partial charge in [0.15, 0.2) is 0 Å². The zero-order chi connectivity index (χ0) is 17.6. The minimum absolute atomic E-state index is 0.0992. The first-order chi connectivity index (χ1) is 12.1. The van der Waals surface area contributed by atoms with Gasteiger partial charge in [0.25, 0.3) is 5.91 Å². The van der Waals surface area contributed by atoms with Crippen LogP contribution in [0.5, 0.6) is 11.5 Å². The van der Waals surface area contributed by atoms with Crippen LogP contribution in [0.3, 0.4) is 0 Å². The second kappa shape index (κ2) is 7.70. The highest BCUT2D eigenvalue weighted by Gasteiger charge is 2.23. The fraction of sp³-hybridized carbons (Fsp3) is 0.263. The maximum atomic E-state index is 13.0. The lowest BCUT2D eigenvalue weighted by Crippen LogP contribution is -2.39. The van der Waals surface area contributed by atoms with E-state index in [9.17, 15) is 9.59 Å². The van der Waals surface area contributed by atoms with Gasteiger partial charge < -0.3 is 20.3 Å². The Balaban J connectivity index is 1.77. The van der Waals surface area contributed by atoms with Crippen LogP contribution in [0.4, 0.5) is 4.79 Å². The van der Waals surface area contributed by atoms with Crippen LogP contribution in [0.25, 0.3) is 0 Å². The van der Waals surface area contributed by atoms with Crippen molar-refractivity contribution >= 4 is 11.9 Å². The van der Waals surface area contributed by atoms with Crippen LogP contribution < -0.4 is 10.5 Å². The summed E-state index contributed by atoms with van der Waals surface area (Å²) in [6.45, 7) is 2.06. The summed E-state index contributed by atoms with van der Waals surface area (Å²) in [5.41, 5.74) is 5.86. The van der Waals surface area contributed by atoms with Gasteiger partial charge in [-0.1, -0.05) is 30.3 Å². The number of rotatable bonds is 3. The van der Waals surface area contributed by atoms with Crippen LogP contribution in [0.1, 0.15) is 16.8 Å². The smallest absolute Gasteiger partial charge is 0.314 e. The van der Waals surface area contributed by atoms with Crippen molar-refractivity contribution in [2.75, 3.05) is 26.2 Å². The van der Waals surface area contributed by atoms with E-state index in [1.807, 2.05) is 42.5 Å². The van der Waals surface area contributed by atoms with Gasteiger partial charge in [-0.25, -0.2) is 4.79 Å². The highest BCUT2D eigenvalue weighted by Crippen LogP contribution is 2.26. The molecule has 0 aliphatic carbocycles. The molecule has 1 fully saturated rings. The maximum Gasteiger partial charge on any atom is 0.314 e. The molecule has 3 amide bonds. The third kappa shape index (κ3) is 4.09. The zero-order valence-corrected chi connectivity index (χ0v) is 13.9. The third-order valence-electron chi connectivity index (χ3n) is 4.18. The Bertz CT molecular complexity index is 749. The molecule has 1 saturated heterocycles. The molecule has 0 aromatic heterocycles. The second-order valence-electron chi connectivity index (χ2n) is 5.88. The molecule has 0 radical (unpaired) electrons. The molecule has 1 heterocycles. The molecule has 2 aromatic carbocycles. The van der Waals surface area contributed by atoms with E-state index in [0.29, 0.717) is 49.7 Å². The molecule has 0 saturated carbocycles. The number of primary amides is 1. The van der Waals surface area contributed by atoms with Gasteiger partial charge in [0.2, 0.25) is 0 Å². The molecule has 2 N–H and O–H groups in total. The molecule has 0 atom stereocenters. The number of para-hydroxylation sites is 2. The average molecular weight is 339 g/mol. The van der Waals surface area contributed by atoms with E-state index in [-0.39, 0.29) is 5.91 Å². The standard InChI is InChI=1S/C19H21N3O3/c20-19(24)22-12-6-11-21(13-14-22)18(23)16-9-4-5-10-17(16)25-15-7-2-1-3-8-15/h1-5,7-10H,6,11-14H2,(H2,20,24). The van der Waals surface area contributed by atoms with Crippen molar-refractivity contribution in [3.05, 3.63) is 60.2 Å². The molecule has 6 heteroatoms. The first-order valence-corrected chi connectivity index (χ1v) is 8.31. The Hall–Kier alpha value is -3.02. The van der Waals surface area contributed by atoms with Gasteiger partial charge in [-0.3, -0.25) is 4.79 Å². The molecule has 0 spiro atoms. The highest BCUT2D eigenvalue weighted by molar-refractivity contribution is 5.97. The minimum Gasteiger partial charge on any atom is -0.457 e. The van der Waals surface area contributed by atoms with Gasteiger partial charge in [-0.15, -0.1) is 0 Å². The summed E-state index contributed by atoms with van der Waals surface area (Å²) < 4.78 is 5.88. The Kier molecular flexibility index (Phi) is 5.18. The lowest BCUT2D eigenvalue weighted by atomic mass is 10.1. The number of carbonyl (C=O) groups excluding carboxylic acids is 2. The number of nitrogens with zero attached hydrogens (tertiary/aromatic N) is 2. The van der Waals surface area contributed by atoms with Crippen LogP contribution >= 0.6 is 0 Å². The zero-order valence-electron chi connectivity index (χ0n) is 13.9. The molecule has 6 nitrogen and oxygen atoms in total. The molecular weight excluding hydrogens is 318 g/mol. The third-order valence-corrected chi connectivity index (χ3v) is 4.18. The number of nitrogens with two attached hydrogens (primary N) is 1. The van der Waals surface area contributed by atoms with Gasteiger partial charge in [-0.2, -0.15) is 0 Å². The lowest BCUT2D eigenvalue weighted by Gasteiger charge is -2.22. The molecule has 0 unspecified atom stereocenters. The van der Waals surface area contributed by atoms with Crippen molar-refractivity contribution in [3.8, 4) is 11.5 Å². The molecular formula is C19H21N3O3. The van der Waals surface area contributed by atoms with Crippen LogP contribution in [0.2, 0.25) is 0 Å². The Morgan fingerprint density at radius 3 is 2.24 bits per heavy atom. The molecule has 1 aliphatic heterocycles. The second-order valence-corrected chi connectivity index (χ2v) is 5.88. The summed E-state index contributed by atoms with van der Waals surface area (Å²) >= 11 is 0. The van der Waals surface area contributed by atoms with E-state index in [2.05, 4.69) is 0 Å². The van der Waals surface area contributed by atoms with E-state index in [0.717, 1.165) is 0 Å². The van der Waals surface area contributed by atoms with Crippen molar-refractivity contribution in [2.24, 2.45) is 5.73 Å². The normalized spacial score (nSPS) is 14.7. The summed E-state index contributed by atoms with van der Waals surface area (Å²) in [6, 6.07) is 16.1. The molecule has 130 valence electrons. The molecule has 1 aliphatic rings. The highest BCUT2D eigenvalue weighted by atomic mass is 16.5. The first-order valence-electron chi connectivity index (χ1n) is 8.31. The van der Waals surface area contributed by atoms with Gasteiger partial charge in [0.05, 0.1) is 5.56 Å². The summed E-state index contributed by atoms with van der Waals surface area (Å²) in [4.78, 5) is 27.6. The molecule has 3 rings (SSSR count). The van der Waals surface area contributed by atoms with Crippen LogP contribution in [0.15, 0.2) is 54.6 Å². The number of amides is 3. The number of carbonyl (C=O) groups is 2. The van der Waals surface area contributed by atoms with Gasteiger partial charge >= 0.3 is 6.03 Å². The fourth-order valence-electron chi connectivity index (χ4n) is 2.86. The van der Waals surface area contributed by atoms with E-state index in [1.165, 1.54) is 0 Å². The van der Waals surface area contributed by atoms with Crippen LogP contribution in [-0.4, -0.2) is 47.9 Å². The maximum absolute atomic E-state index is 13.0.